The minimum Gasteiger partial charge on any atom is -0.478 e. The molecule has 1 heterocycles. The van der Waals surface area contributed by atoms with Gasteiger partial charge in [0.1, 0.15) is 5.56 Å². The maximum Gasteiger partial charge on any atom is 0.339 e. The Kier molecular flexibility index (Phi) is 4.77. The van der Waals surface area contributed by atoms with Gasteiger partial charge in [-0.2, -0.15) is 11.8 Å². The van der Waals surface area contributed by atoms with Gasteiger partial charge in [-0.15, -0.1) is 0 Å². The van der Waals surface area contributed by atoms with Crippen molar-refractivity contribution < 1.29 is 15.0 Å². The normalized spacial score (nSPS) is 14.1. The number of aliphatic hydroxyl groups is 1. The lowest BCUT2D eigenvalue weighted by Crippen LogP contribution is -2.36. The molecule has 0 amide bonds. The molecule has 0 saturated carbocycles. The van der Waals surface area contributed by atoms with Gasteiger partial charge in [0.2, 0.25) is 0 Å². The van der Waals surface area contributed by atoms with Gasteiger partial charge >= 0.3 is 5.97 Å². The molecule has 0 saturated heterocycles. The number of carboxylic acid groups (broad SMARTS) is 1. The van der Waals surface area contributed by atoms with Gasteiger partial charge in [-0.3, -0.25) is 4.98 Å². The first-order valence-electron chi connectivity index (χ1n) is 5.09. The number of carbonyl (C=O) groups is 1. The van der Waals surface area contributed by atoms with Crippen LogP contribution in [0.5, 0.6) is 0 Å². The fraction of sp³-hybridized carbons (Fsp3) is 0.455. The standard InChI is InChI=1S/C11H16N2O3S/c1-11(16,7-17-2)6-13-9-3-4-12-5-8(9)10(14)15/h3-5,16H,6-7H2,1-2H3,(H,12,13)(H,14,15). The van der Waals surface area contributed by atoms with Crippen molar-refractivity contribution in [2.24, 2.45) is 0 Å². The third-order valence-electron chi connectivity index (χ3n) is 2.17. The highest BCUT2D eigenvalue weighted by Crippen LogP contribution is 2.16. The molecule has 0 radical (unpaired) electrons. The molecule has 0 aliphatic heterocycles. The van der Waals surface area contributed by atoms with Crippen LogP contribution in [0.4, 0.5) is 5.69 Å². The Morgan fingerprint density at radius 2 is 2.35 bits per heavy atom. The Morgan fingerprint density at radius 1 is 1.65 bits per heavy atom. The van der Waals surface area contributed by atoms with Crippen LogP contribution in [0.15, 0.2) is 18.5 Å². The van der Waals surface area contributed by atoms with Crippen molar-refractivity contribution in [3.8, 4) is 0 Å². The van der Waals surface area contributed by atoms with Gasteiger partial charge in [-0.05, 0) is 19.2 Å². The highest BCUT2D eigenvalue weighted by molar-refractivity contribution is 7.98. The number of rotatable bonds is 6. The number of nitrogens with one attached hydrogen (secondary N) is 1. The van der Waals surface area contributed by atoms with Crippen molar-refractivity contribution in [3.05, 3.63) is 24.0 Å². The van der Waals surface area contributed by atoms with E-state index in [2.05, 4.69) is 10.3 Å². The number of thioether (sulfide) groups is 1. The fourth-order valence-electron chi connectivity index (χ4n) is 1.37. The molecular weight excluding hydrogens is 240 g/mol. The van der Waals surface area contributed by atoms with E-state index in [1.165, 1.54) is 24.2 Å². The first-order valence-corrected chi connectivity index (χ1v) is 6.48. The van der Waals surface area contributed by atoms with Crippen LogP contribution < -0.4 is 5.32 Å². The van der Waals surface area contributed by atoms with E-state index in [0.717, 1.165) is 0 Å². The quantitative estimate of drug-likeness (QED) is 0.712. The highest BCUT2D eigenvalue weighted by atomic mass is 32.2. The zero-order chi connectivity index (χ0) is 12.9. The number of anilines is 1. The lowest BCUT2D eigenvalue weighted by molar-refractivity contribution is 0.0696. The van der Waals surface area contributed by atoms with E-state index < -0.39 is 11.6 Å². The van der Waals surface area contributed by atoms with Crippen LogP contribution in [-0.2, 0) is 0 Å². The molecule has 0 aromatic carbocycles. The maximum absolute atomic E-state index is 10.9. The second-order valence-corrected chi connectivity index (χ2v) is 4.88. The smallest absolute Gasteiger partial charge is 0.339 e. The van der Waals surface area contributed by atoms with Crippen LogP contribution in [0.3, 0.4) is 0 Å². The number of aromatic carboxylic acids is 1. The summed E-state index contributed by atoms with van der Waals surface area (Å²) in [6.07, 6.45) is 4.70. The maximum atomic E-state index is 10.9. The first-order chi connectivity index (χ1) is 7.96. The fourth-order valence-corrected chi connectivity index (χ4v) is 2.09. The zero-order valence-electron chi connectivity index (χ0n) is 9.80. The number of hydrogen-bond donors (Lipinski definition) is 3. The van der Waals surface area contributed by atoms with Crippen molar-refractivity contribution in [3.63, 3.8) is 0 Å². The Balaban J connectivity index is 2.72. The monoisotopic (exact) mass is 256 g/mol. The van der Waals surface area contributed by atoms with E-state index in [1.54, 1.807) is 13.0 Å². The predicted octanol–water partition coefficient (Wildman–Crippen LogP) is 1.31. The average molecular weight is 256 g/mol. The molecule has 0 aliphatic carbocycles. The van der Waals surface area contributed by atoms with Crippen LogP contribution in [0.2, 0.25) is 0 Å². The number of pyridine rings is 1. The molecule has 1 rings (SSSR count). The number of hydrogen-bond acceptors (Lipinski definition) is 5. The Labute approximate surface area is 104 Å². The van der Waals surface area contributed by atoms with Crippen molar-refractivity contribution in [2.75, 3.05) is 23.9 Å². The Hall–Kier alpha value is -1.27. The molecule has 94 valence electrons. The topological polar surface area (TPSA) is 82.5 Å². The molecule has 0 spiro atoms. The number of nitrogens with zero attached hydrogens (tertiary/aromatic N) is 1. The molecule has 0 bridgehead atoms. The molecule has 1 aromatic rings. The van der Waals surface area contributed by atoms with E-state index in [1.807, 2.05) is 6.26 Å². The van der Waals surface area contributed by atoms with Crippen molar-refractivity contribution in [2.45, 2.75) is 12.5 Å². The van der Waals surface area contributed by atoms with Crippen LogP contribution in [0, 0.1) is 0 Å². The van der Waals surface area contributed by atoms with E-state index in [0.29, 0.717) is 11.4 Å². The number of aromatic nitrogens is 1. The van der Waals surface area contributed by atoms with Crippen molar-refractivity contribution in [1.82, 2.24) is 4.98 Å². The molecule has 1 unspecified atom stereocenters. The molecule has 0 fully saturated rings. The van der Waals surface area contributed by atoms with E-state index in [-0.39, 0.29) is 12.1 Å². The molecule has 1 aromatic heterocycles. The lowest BCUT2D eigenvalue weighted by atomic mass is 10.1. The van der Waals surface area contributed by atoms with Crippen molar-refractivity contribution in [1.29, 1.82) is 0 Å². The van der Waals surface area contributed by atoms with Gasteiger partial charge in [0.05, 0.1) is 11.3 Å². The minimum absolute atomic E-state index is 0.104. The van der Waals surface area contributed by atoms with E-state index >= 15 is 0 Å². The molecule has 17 heavy (non-hydrogen) atoms. The van der Waals surface area contributed by atoms with Gasteiger partial charge in [-0.1, -0.05) is 0 Å². The summed E-state index contributed by atoms with van der Waals surface area (Å²) >= 11 is 1.54. The van der Waals surface area contributed by atoms with Gasteiger partial charge in [0.25, 0.3) is 0 Å². The third kappa shape index (κ3) is 4.24. The van der Waals surface area contributed by atoms with Crippen LogP contribution >= 0.6 is 11.8 Å². The Bertz CT molecular complexity index is 396. The lowest BCUT2D eigenvalue weighted by Gasteiger charge is -2.23. The van der Waals surface area contributed by atoms with E-state index in [4.69, 9.17) is 5.11 Å². The summed E-state index contributed by atoms with van der Waals surface area (Å²) in [5, 5.41) is 21.8. The second-order valence-electron chi connectivity index (χ2n) is 4.01. The molecule has 6 heteroatoms. The van der Waals surface area contributed by atoms with E-state index in [9.17, 15) is 9.90 Å². The third-order valence-corrected chi connectivity index (χ3v) is 3.08. The molecule has 0 aliphatic rings. The Morgan fingerprint density at radius 3 is 2.94 bits per heavy atom. The summed E-state index contributed by atoms with van der Waals surface area (Å²) in [5.41, 5.74) is -0.306. The highest BCUT2D eigenvalue weighted by Gasteiger charge is 2.20. The second kappa shape index (κ2) is 5.88. The molecule has 1 atom stereocenters. The summed E-state index contributed by atoms with van der Waals surface area (Å²) < 4.78 is 0. The van der Waals surface area contributed by atoms with Gasteiger partial charge in [-0.25, -0.2) is 4.79 Å². The van der Waals surface area contributed by atoms with Crippen molar-refractivity contribution >= 4 is 23.4 Å². The van der Waals surface area contributed by atoms with Gasteiger partial charge in [0, 0.05) is 24.7 Å². The summed E-state index contributed by atoms with van der Waals surface area (Å²) in [7, 11) is 0. The summed E-state index contributed by atoms with van der Waals surface area (Å²) in [6, 6.07) is 1.58. The SMILES string of the molecule is CSCC(C)(O)CNc1ccncc1C(=O)O. The number of carboxylic acids is 1. The van der Waals surface area contributed by atoms with Crippen LogP contribution in [-0.4, -0.2) is 45.3 Å². The van der Waals surface area contributed by atoms with Crippen LogP contribution in [0.1, 0.15) is 17.3 Å². The largest absolute Gasteiger partial charge is 0.478 e. The summed E-state index contributed by atoms with van der Waals surface area (Å²) in [4.78, 5) is 14.7. The summed E-state index contributed by atoms with van der Waals surface area (Å²) in [6.45, 7) is 2.00. The average Bonchev–Trinajstić information content (AvgIpc) is 2.27. The van der Waals surface area contributed by atoms with Gasteiger partial charge in [0.15, 0.2) is 0 Å². The molecule has 3 N–H and O–H groups in total. The first kappa shape index (κ1) is 13.8. The summed E-state index contributed by atoms with van der Waals surface area (Å²) in [5.74, 6) is -0.460. The molecular formula is C11H16N2O3S. The minimum atomic E-state index is -1.04. The van der Waals surface area contributed by atoms with Crippen LogP contribution in [0.25, 0.3) is 0 Å². The predicted molar refractivity (Wildman–Crippen MR) is 68.7 cm³/mol. The molecule has 5 nitrogen and oxygen atoms in total. The zero-order valence-corrected chi connectivity index (χ0v) is 10.6. The van der Waals surface area contributed by atoms with Gasteiger partial charge < -0.3 is 15.5 Å².